The molecule has 0 atom stereocenters. The van der Waals surface area contributed by atoms with E-state index < -0.39 is 11.7 Å². The highest BCUT2D eigenvalue weighted by Gasteiger charge is 2.16. The SMILES string of the molecule is C=CCn1c(Cc2csc(NC(=O)c3ccc(-c4ccccc4F)o3)n2)n[nH]c1=S. The lowest BCUT2D eigenvalue weighted by Crippen LogP contribution is -2.10. The van der Waals surface area contributed by atoms with Gasteiger partial charge in [0.25, 0.3) is 5.91 Å². The molecule has 30 heavy (non-hydrogen) atoms. The number of rotatable bonds is 7. The van der Waals surface area contributed by atoms with Gasteiger partial charge in [0.05, 0.1) is 17.7 Å². The van der Waals surface area contributed by atoms with Crippen LogP contribution in [0, 0.1) is 10.6 Å². The Kier molecular flexibility index (Phi) is 5.68. The van der Waals surface area contributed by atoms with Crippen LogP contribution in [0.25, 0.3) is 11.3 Å². The van der Waals surface area contributed by atoms with Crippen LogP contribution in [-0.2, 0) is 13.0 Å². The van der Waals surface area contributed by atoms with Crippen molar-refractivity contribution in [2.75, 3.05) is 5.32 Å². The molecule has 3 heterocycles. The van der Waals surface area contributed by atoms with E-state index in [4.69, 9.17) is 16.6 Å². The first-order valence-electron chi connectivity index (χ1n) is 8.90. The van der Waals surface area contributed by atoms with Crippen LogP contribution < -0.4 is 5.32 Å². The lowest BCUT2D eigenvalue weighted by Gasteiger charge is -2.02. The summed E-state index contributed by atoms with van der Waals surface area (Å²) in [4.78, 5) is 16.9. The predicted molar refractivity (Wildman–Crippen MR) is 115 cm³/mol. The molecule has 0 radical (unpaired) electrons. The molecule has 0 spiro atoms. The van der Waals surface area contributed by atoms with Crippen molar-refractivity contribution in [3.05, 3.63) is 82.3 Å². The summed E-state index contributed by atoms with van der Waals surface area (Å²) in [6, 6.07) is 9.27. The van der Waals surface area contributed by atoms with Gasteiger partial charge in [-0.15, -0.1) is 17.9 Å². The van der Waals surface area contributed by atoms with Gasteiger partial charge in [0, 0.05) is 11.9 Å². The first-order valence-corrected chi connectivity index (χ1v) is 10.2. The Morgan fingerprint density at radius 1 is 1.37 bits per heavy atom. The smallest absolute Gasteiger partial charge is 0.293 e. The van der Waals surface area contributed by atoms with Crippen molar-refractivity contribution in [3.63, 3.8) is 0 Å². The number of carbonyl (C=O) groups excluding carboxylic acids is 1. The Hall–Kier alpha value is -3.37. The summed E-state index contributed by atoms with van der Waals surface area (Å²) in [5.41, 5.74) is 1.03. The van der Waals surface area contributed by atoms with E-state index in [1.54, 1.807) is 30.3 Å². The normalized spacial score (nSPS) is 10.8. The number of nitrogens with zero attached hydrogens (tertiary/aromatic N) is 3. The number of furan rings is 1. The van der Waals surface area contributed by atoms with Crippen LogP contribution in [0.2, 0.25) is 0 Å². The van der Waals surface area contributed by atoms with Crippen LogP contribution in [0.3, 0.4) is 0 Å². The van der Waals surface area contributed by atoms with E-state index in [2.05, 4.69) is 27.1 Å². The second-order valence-corrected chi connectivity index (χ2v) is 7.51. The number of H-pyrrole nitrogens is 1. The minimum Gasteiger partial charge on any atom is -0.451 e. The number of amides is 1. The number of hydrogen-bond donors (Lipinski definition) is 2. The Morgan fingerprint density at radius 3 is 3.00 bits per heavy atom. The molecule has 1 amide bonds. The molecule has 10 heteroatoms. The second kappa shape index (κ2) is 8.56. The van der Waals surface area contributed by atoms with E-state index in [-0.39, 0.29) is 11.5 Å². The van der Waals surface area contributed by atoms with Gasteiger partial charge in [0.2, 0.25) is 0 Å². The molecule has 0 aliphatic rings. The Balaban J connectivity index is 1.45. The molecule has 152 valence electrons. The molecule has 4 aromatic rings. The summed E-state index contributed by atoms with van der Waals surface area (Å²) >= 11 is 6.49. The molecule has 0 bridgehead atoms. The van der Waals surface area contributed by atoms with Crippen molar-refractivity contribution < 1.29 is 13.6 Å². The number of halogens is 1. The number of anilines is 1. The van der Waals surface area contributed by atoms with Crippen molar-refractivity contribution in [1.29, 1.82) is 0 Å². The van der Waals surface area contributed by atoms with Gasteiger partial charge < -0.3 is 4.42 Å². The maximum atomic E-state index is 13.9. The van der Waals surface area contributed by atoms with Crippen LogP contribution in [-0.4, -0.2) is 25.7 Å². The molecule has 2 N–H and O–H groups in total. The van der Waals surface area contributed by atoms with Gasteiger partial charge in [-0.3, -0.25) is 19.8 Å². The molecular weight excluding hydrogens is 425 g/mol. The average Bonchev–Trinajstić information content (AvgIpc) is 3.46. The minimum absolute atomic E-state index is 0.0666. The lowest BCUT2D eigenvalue weighted by molar-refractivity contribution is 0.0997. The topological polar surface area (TPSA) is 88.7 Å². The fraction of sp³-hybridized carbons (Fsp3) is 0.100. The van der Waals surface area contributed by atoms with Crippen molar-refractivity contribution >= 4 is 34.6 Å². The lowest BCUT2D eigenvalue weighted by atomic mass is 10.1. The molecule has 0 aliphatic carbocycles. The number of aromatic amines is 1. The number of carbonyl (C=O) groups is 1. The Labute approximate surface area is 179 Å². The second-order valence-electron chi connectivity index (χ2n) is 6.26. The summed E-state index contributed by atoms with van der Waals surface area (Å²) in [5, 5.41) is 11.9. The van der Waals surface area contributed by atoms with Gasteiger partial charge in [-0.05, 0) is 36.5 Å². The maximum absolute atomic E-state index is 13.9. The van der Waals surface area contributed by atoms with E-state index in [0.717, 1.165) is 11.5 Å². The predicted octanol–water partition coefficient (Wildman–Crippen LogP) is 4.83. The van der Waals surface area contributed by atoms with Crippen LogP contribution in [0.15, 0.2) is 58.9 Å². The molecule has 0 fully saturated rings. The zero-order valence-corrected chi connectivity index (χ0v) is 17.2. The number of allylic oxidation sites excluding steroid dienone is 1. The number of benzene rings is 1. The first-order chi connectivity index (χ1) is 14.5. The highest BCUT2D eigenvalue weighted by atomic mass is 32.1. The molecule has 3 aromatic heterocycles. The van der Waals surface area contributed by atoms with E-state index in [1.807, 2.05) is 9.95 Å². The standard InChI is InChI=1S/C20H16FN5O2S2/c1-2-9-26-17(24-25-20(26)29)10-12-11-30-19(22-12)23-18(27)16-8-7-15(28-16)13-5-3-4-6-14(13)21/h2-8,11H,1,9-10H2,(H,25,29)(H,22,23,27). The fourth-order valence-electron chi connectivity index (χ4n) is 2.83. The van der Waals surface area contributed by atoms with Crippen molar-refractivity contribution in [2.45, 2.75) is 13.0 Å². The van der Waals surface area contributed by atoms with Gasteiger partial charge in [0.1, 0.15) is 17.4 Å². The molecule has 0 aliphatic heterocycles. The number of aromatic nitrogens is 4. The molecule has 0 saturated heterocycles. The van der Waals surface area contributed by atoms with Crippen molar-refractivity contribution in [1.82, 2.24) is 19.7 Å². The summed E-state index contributed by atoms with van der Waals surface area (Å²) < 4.78 is 21.8. The van der Waals surface area contributed by atoms with Crippen LogP contribution >= 0.6 is 23.6 Å². The average molecular weight is 442 g/mol. The van der Waals surface area contributed by atoms with Crippen LogP contribution in [0.5, 0.6) is 0 Å². The van der Waals surface area contributed by atoms with Gasteiger partial charge in [0.15, 0.2) is 15.7 Å². The third kappa shape index (κ3) is 4.14. The first kappa shape index (κ1) is 19.9. The Morgan fingerprint density at radius 2 is 2.20 bits per heavy atom. The summed E-state index contributed by atoms with van der Waals surface area (Å²) in [6.07, 6.45) is 2.19. The molecular formula is C20H16FN5O2S2. The van der Waals surface area contributed by atoms with E-state index in [0.29, 0.717) is 28.4 Å². The highest BCUT2D eigenvalue weighted by molar-refractivity contribution is 7.71. The number of thiazole rings is 1. The van der Waals surface area contributed by atoms with E-state index in [9.17, 15) is 9.18 Å². The summed E-state index contributed by atoms with van der Waals surface area (Å²) in [7, 11) is 0. The third-order valence-corrected chi connectivity index (χ3v) is 5.35. The molecule has 0 saturated carbocycles. The maximum Gasteiger partial charge on any atom is 0.293 e. The minimum atomic E-state index is -0.465. The van der Waals surface area contributed by atoms with Crippen LogP contribution in [0.1, 0.15) is 22.1 Å². The Bertz CT molecular complexity index is 1270. The van der Waals surface area contributed by atoms with Gasteiger partial charge in [-0.1, -0.05) is 18.2 Å². The van der Waals surface area contributed by atoms with Gasteiger partial charge in [-0.2, -0.15) is 5.10 Å². The molecule has 4 rings (SSSR count). The number of nitrogens with one attached hydrogen (secondary N) is 2. The van der Waals surface area contributed by atoms with E-state index >= 15 is 0 Å². The van der Waals surface area contributed by atoms with E-state index in [1.165, 1.54) is 23.5 Å². The summed E-state index contributed by atoms with van der Waals surface area (Å²) in [6.45, 7) is 4.26. The fourth-order valence-corrected chi connectivity index (χ4v) is 3.77. The zero-order valence-electron chi connectivity index (χ0n) is 15.6. The summed E-state index contributed by atoms with van der Waals surface area (Å²) in [5.74, 6) is 0.189. The van der Waals surface area contributed by atoms with Crippen LogP contribution in [0.4, 0.5) is 9.52 Å². The van der Waals surface area contributed by atoms with Gasteiger partial charge in [-0.25, -0.2) is 9.37 Å². The van der Waals surface area contributed by atoms with Gasteiger partial charge >= 0.3 is 0 Å². The molecule has 0 unspecified atom stereocenters. The number of hydrogen-bond acceptors (Lipinski definition) is 6. The monoisotopic (exact) mass is 441 g/mol. The zero-order chi connectivity index (χ0) is 21.1. The quantitative estimate of drug-likeness (QED) is 0.317. The largest absolute Gasteiger partial charge is 0.451 e. The van der Waals surface area contributed by atoms with Crippen molar-refractivity contribution in [2.24, 2.45) is 0 Å². The third-order valence-electron chi connectivity index (χ3n) is 4.23. The highest BCUT2D eigenvalue weighted by Crippen LogP contribution is 2.25. The molecule has 7 nitrogen and oxygen atoms in total. The molecule has 1 aromatic carbocycles. The van der Waals surface area contributed by atoms with Crippen molar-refractivity contribution in [3.8, 4) is 11.3 Å².